The Balaban J connectivity index is 2.48. The standard InChI is InChI=1S/C13H25NO/c1-10(2)12(15)14(11-6-7-11)9-8-13(3,4)5/h10-11H,6-9H2,1-5H3. The SMILES string of the molecule is CC(C)C(=O)N(CCC(C)(C)C)C1CC1. The Labute approximate surface area is 94.0 Å². The minimum absolute atomic E-state index is 0.144. The third-order valence-electron chi connectivity index (χ3n) is 2.87. The van der Waals surface area contributed by atoms with Crippen molar-refractivity contribution in [2.75, 3.05) is 6.54 Å². The Kier molecular flexibility index (Phi) is 3.80. The fourth-order valence-electron chi connectivity index (χ4n) is 1.65. The Morgan fingerprint density at radius 2 is 1.87 bits per heavy atom. The van der Waals surface area contributed by atoms with Crippen molar-refractivity contribution in [1.29, 1.82) is 0 Å². The molecule has 0 aromatic heterocycles. The first kappa shape index (κ1) is 12.5. The van der Waals surface area contributed by atoms with Crippen molar-refractivity contribution in [3.8, 4) is 0 Å². The van der Waals surface area contributed by atoms with Crippen LogP contribution in [0.3, 0.4) is 0 Å². The molecule has 1 fully saturated rings. The smallest absolute Gasteiger partial charge is 0.225 e. The van der Waals surface area contributed by atoms with E-state index in [0.29, 0.717) is 17.4 Å². The summed E-state index contributed by atoms with van der Waals surface area (Å²) in [5, 5.41) is 0. The summed E-state index contributed by atoms with van der Waals surface area (Å²) in [6.07, 6.45) is 3.52. The minimum Gasteiger partial charge on any atom is -0.339 e. The molecule has 0 bridgehead atoms. The quantitative estimate of drug-likeness (QED) is 0.700. The molecule has 2 heteroatoms. The molecule has 1 rings (SSSR count). The van der Waals surface area contributed by atoms with E-state index in [0.717, 1.165) is 13.0 Å². The van der Waals surface area contributed by atoms with Crippen molar-refractivity contribution in [3.05, 3.63) is 0 Å². The zero-order chi connectivity index (χ0) is 11.6. The van der Waals surface area contributed by atoms with Gasteiger partial charge in [-0.05, 0) is 24.7 Å². The molecule has 0 saturated heterocycles. The maximum atomic E-state index is 12.0. The molecule has 0 aliphatic heterocycles. The Hall–Kier alpha value is -0.530. The van der Waals surface area contributed by atoms with E-state index in [1.807, 2.05) is 13.8 Å². The molecule has 1 amide bonds. The highest BCUT2D eigenvalue weighted by Crippen LogP contribution is 2.30. The fraction of sp³-hybridized carbons (Fsp3) is 0.923. The summed E-state index contributed by atoms with van der Waals surface area (Å²) in [5.41, 5.74) is 0.324. The lowest BCUT2D eigenvalue weighted by molar-refractivity contribution is -0.135. The van der Waals surface area contributed by atoms with Crippen LogP contribution in [0.25, 0.3) is 0 Å². The minimum atomic E-state index is 0.144. The lowest BCUT2D eigenvalue weighted by Crippen LogP contribution is -2.38. The van der Waals surface area contributed by atoms with Crippen molar-refractivity contribution < 1.29 is 4.79 Å². The van der Waals surface area contributed by atoms with Crippen LogP contribution in [-0.2, 0) is 4.79 Å². The third-order valence-corrected chi connectivity index (χ3v) is 2.87. The molecule has 1 saturated carbocycles. The van der Waals surface area contributed by atoms with E-state index in [4.69, 9.17) is 0 Å². The highest BCUT2D eigenvalue weighted by molar-refractivity contribution is 5.78. The lowest BCUT2D eigenvalue weighted by atomic mass is 9.92. The van der Waals surface area contributed by atoms with E-state index in [1.54, 1.807) is 0 Å². The van der Waals surface area contributed by atoms with Crippen molar-refractivity contribution in [2.24, 2.45) is 11.3 Å². The molecule has 0 N–H and O–H groups in total. The highest BCUT2D eigenvalue weighted by Gasteiger charge is 2.33. The first-order chi connectivity index (χ1) is 6.81. The predicted octanol–water partition coefficient (Wildman–Crippen LogP) is 3.07. The number of hydrogen-bond acceptors (Lipinski definition) is 1. The molecule has 0 heterocycles. The third kappa shape index (κ3) is 4.23. The van der Waals surface area contributed by atoms with E-state index in [9.17, 15) is 4.79 Å². The summed E-state index contributed by atoms with van der Waals surface area (Å²) in [7, 11) is 0. The molecule has 0 unspecified atom stereocenters. The van der Waals surface area contributed by atoms with Gasteiger partial charge in [0, 0.05) is 18.5 Å². The normalized spacial score (nSPS) is 16.9. The number of nitrogens with zero attached hydrogens (tertiary/aromatic N) is 1. The number of hydrogen-bond donors (Lipinski definition) is 0. The van der Waals surface area contributed by atoms with Crippen molar-refractivity contribution in [2.45, 2.75) is 59.9 Å². The second-order valence-corrected chi connectivity index (χ2v) is 6.23. The van der Waals surface area contributed by atoms with Crippen molar-refractivity contribution in [3.63, 3.8) is 0 Å². The zero-order valence-electron chi connectivity index (χ0n) is 10.8. The molecular weight excluding hydrogens is 186 g/mol. The van der Waals surface area contributed by atoms with Gasteiger partial charge in [-0.25, -0.2) is 0 Å². The van der Waals surface area contributed by atoms with Crippen LogP contribution in [0.5, 0.6) is 0 Å². The van der Waals surface area contributed by atoms with Gasteiger partial charge in [-0.15, -0.1) is 0 Å². The number of amides is 1. The summed E-state index contributed by atoms with van der Waals surface area (Å²) >= 11 is 0. The lowest BCUT2D eigenvalue weighted by Gasteiger charge is -2.28. The first-order valence-corrected chi connectivity index (χ1v) is 6.12. The number of carbonyl (C=O) groups is 1. The molecule has 0 spiro atoms. The maximum Gasteiger partial charge on any atom is 0.225 e. The second kappa shape index (κ2) is 4.54. The molecule has 0 aromatic rings. The summed E-state index contributed by atoms with van der Waals surface area (Å²) in [6.45, 7) is 11.6. The predicted molar refractivity (Wildman–Crippen MR) is 63.6 cm³/mol. The van der Waals surface area contributed by atoms with Gasteiger partial charge in [-0.3, -0.25) is 4.79 Å². The molecule has 1 aliphatic rings. The van der Waals surface area contributed by atoms with Gasteiger partial charge in [-0.2, -0.15) is 0 Å². The second-order valence-electron chi connectivity index (χ2n) is 6.23. The van der Waals surface area contributed by atoms with Crippen LogP contribution < -0.4 is 0 Å². The zero-order valence-corrected chi connectivity index (χ0v) is 10.8. The van der Waals surface area contributed by atoms with Crippen molar-refractivity contribution in [1.82, 2.24) is 4.90 Å². The van der Waals surface area contributed by atoms with Gasteiger partial charge in [0.25, 0.3) is 0 Å². The molecule has 0 atom stereocenters. The summed E-state index contributed by atoms with van der Waals surface area (Å²) < 4.78 is 0. The van der Waals surface area contributed by atoms with Crippen molar-refractivity contribution >= 4 is 5.91 Å². The Bertz CT molecular complexity index is 223. The van der Waals surface area contributed by atoms with Gasteiger partial charge in [0.05, 0.1) is 0 Å². The van der Waals surface area contributed by atoms with Gasteiger partial charge in [0.15, 0.2) is 0 Å². The van der Waals surface area contributed by atoms with Crippen LogP contribution in [0, 0.1) is 11.3 Å². The van der Waals surface area contributed by atoms with E-state index in [-0.39, 0.29) is 5.92 Å². The van der Waals surface area contributed by atoms with E-state index in [2.05, 4.69) is 25.7 Å². The van der Waals surface area contributed by atoms with Crippen LogP contribution in [0.15, 0.2) is 0 Å². The maximum absolute atomic E-state index is 12.0. The average molecular weight is 211 g/mol. The van der Waals surface area contributed by atoms with Crippen LogP contribution in [0.4, 0.5) is 0 Å². The Morgan fingerprint density at radius 3 is 2.20 bits per heavy atom. The van der Waals surface area contributed by atoms with Gasteiger partial charge in [-0.1, -0.05) is 34.6 Å². The molecule has 0 aromatic carbocycles. The van der Waals surface area contributed by atoms with E-state index < -0.39 is 0 Å². The summed E-state index contributed by atoms with van der Waals surface area (Å²) in [6, 6.07) is 0.558. The molecule has 2 nitrogen and oxygen atoms in total. The fourth-order valence-corrected chi connectivity index (χ4v) is 1.65. The van der Waals surface area contributed by atoms with Gasteiger partial charge in [0.1, 0.15) is 0 Å². The molecule has 88 valence electrons. The Morgan fingerprint density at radius 1 is 1.33 bits per heavy atom. The number of rotatable bonds is 4. The summed E-state index contributed by atoms with van der Waals surface area (Å²) in [4.78, 5) is 14.1. The van der Waals surface area contributed by atoms with Crippen LogP contribution >= 0.6 is 0 Å². The van der Waals surface area contributed by atoms with Crippen LogP contribution in [0.2, 0.25) is 0 Å². The molecule has 0 radical (unpaired) electrons. The molecule has 1 aliphatic carbocycles. The highest BCUT2D eigenvalue weighted by atomic mass is 16.2. The monoisotopic (exact) mass is 211 g/mol. The molecule has 15 heavy (non-hydrogen) atoms. The average Bonchev–Trinajstić information content (AvgIpc) is 2.85. The first-order valence-electron chi connectivity index (χ1n) is 6.12. The van der Waals surface area contributed by atoms with Gasteiger partial charge < -0.3 is 4.90 Å². The van der Waals surface area contributed by atoms with Gasteiger partial charge >= 0.3 is 0 Å². The van der Waals surface area contributed by atoms with Gasteiger partial charge in [0.2, 0.25) is 5.91 Å². The largest absolute Gasteiger partial charge is 0.339 e. The number of carbonyl (C=O) groups excluding carboxylic acids is 1. The van der Waals surface area contributed by atoms with E-state index in [1.165, 1.54) is 12.8 Å². The van der Waals surface area contributed by atoms with Crippen LogP contribution in [0.1, 0.15) is 53.9 Å². The topological polar surface area (TPSA) is 20.3 Å². The van der Waals surface area contributed by atoms with E-state index >= 15 is 0 Å². The summed E-state index contributed by atoms with van der Waals surface area (Å²) in [5.74, 6) is 0.479. The van der Waals surface area contributed by atoms with Crippen LogP contribution in [-0.4, -0.2) is 23.4 Å². The molecular formula is C13H25NO.